The van der Waals surface area contributed by atoms with Gasteiger partial charge >= 0.3 is 6.03 Å². The summed E-state index contributed by atoms with van der Waals surface area (Å²) in [4.78, 5) is 21.9. The molecule has 1 N–H and O–H groups in total. The number of aromatic nitrogens is 2. The fraction of sp³-hybridized carbons (Fsp3) is 0.455. The van der Waals surface area contributed by atoms with E-state index in [-0.39, 0.29) is 50.6 Å². The average Bonchev–Trinajstić information content (AvgIpc) is 3.54. The first-order chi connectivity index (χ1) is 20.0. The normalized spacial score (nSPS) is 23.9. The molecule has 2 aliphatic heterocycles. The van der Waals surface area contributed by atoms with Gasteiger partial charge in [-0.2, -0.15) is 0 Å². The Morgan fingerprint density at radius 2 is 2.02 bits per heavy atom. The van der Waals surface area contributed by atoms with Crippen LogP contribution in [0.5, 0.6) is 11.5 Å². The van der Waals surface area contributed by atoms with E-state index in [1.165, 1.54) is 6.07 Å². The summed E-state index contributed by atoms with van der Waals surface area (Å²) in [5, 5.41) is 10.8. The predicted octanol–water partition coefficient (Wildman–Crippen LogP) is 6.55. The van der Waals surface area contributed by atoms with Gasteiger partial charge in [0.25, 0.3) is 0 Å². The van der Waals surface area contributed by atoms with Crippen LogP contribution in [0.4, 0.5) is 9.18 Å². The summed E-state index contributed by atoms with van der Waals surface area (Å²) in [6.07, 6.45) is 7.82. The molecule has 7 nitrogen and oxygen atoms in total. The zero-order valence-electron chi connectivity index (χ0n) is 24.5. The number of nitrogens with zero attached hydrogens (tertiary/aromatic N) is 4. The van der Waals surface area contributed by atoms with Gasteiger partial charge in [0.2, 0.25) is 0 Å². The number of likely N-dealkylation sites (tertiary alicyclic amines) is 1. The molecule has 1 saturated carbocycles. The van der Waals surface area contributed by atoms with E-state index in [1.807, 2.05) is 11.0 Å². The largest absolute Gasteiger partial charge is 0.507 e. The fourth-order valence-electron chi connectivity index (χ4n) is 7.12. The van der Waals surface area contributed by atoms with Crippen LogP contribution in [0.25, 0.3) is 11.1 Å². The number of carbonyl (C=O) groups excluding carboxylic acids is 1. The molecule has 6 rings (SSSR count). The van der Waals surface area contributed by atoms with E-state index in [4.69, 9.17) is 16.3 Å². The van der Waals surface area contributed by atoms with Crippen LogP contribution in [0.3, 0.4) is 0 Å². The number of benzene rings is 2. The van der Waals surface area contributed by atoms with Gasteiger partial charge in [-0.05, 0) is 55.2 Å². The van der Waals surface area contributed by atoms with Crippen molar-refractivity contribution in [2.24, 2.45) is 10.8 Å². The Labute approximate surface area is 251 Å². The van der Waals surface area contributed by atoms with Gasteiger partial charge in [0.15, 0.2) is 11.6 Å². The van der Waals surface area contributed by atoms with Crippen LogP contribution in [0, 0.1) is 28.5 Å². The number of imidazole rings is 1. The van der Waals surface area contributed by atoms with Gasteiger partial charge in [-0.1, -0.05) is 44.4 Å². The van der Waals surface area contributed by atoms with Crippen LogP contribution in [0.2, 0.25) is 5.02 Å². The third kappa shape index (κ3) is 4.93. The highest BCUT2D eigenvalue weighted by Crippen LogP contribution is 2.55. The van der Waals surface area contributed by atoms with Gasteiger partial charge in [0.1, 0.15) is 18.7 Å². The summed E-state index contributed by atoms with van der Waals surface area (Å²) in [5.74, 6) is 5.42. The quantitative estimate of drug-likeness (QED) is 0.343. The molecule has 9 heteroatoms. The number of carbonyl (C=O) groups is 1. The molecule has 1 spiro atoms. The molecule has 0 radical (unpaired) electrons. The lowest BCUT2D eigenvalue weighted by molar-refractivity contribution is 0.00137. The monoisotopic (exact) mass is 590 g/mol. The van der Waals surface area contributed by atoms with Gasteiger partial charge in [-0.25, -0.2) is 14.2 Å². The molecule has 1 saturated heterocycles. The molecular weight excluding hydrogens is 555 g/mol. The highest BCUT2D eigenvalue weighted by atomic mass is 35.5. The van der Waals surface area contributed by atoms with Crippen LogP contribution in [0.15, 0.2) is 43.0 Å². The smallest absolute Gasteiger partial charge is 0.329 e. The van der Waals surface area contributed by atoms with E-state index in [0.717, 1.165) is 31.4 Å². The van der Waals surface area contributed by atoms with E-state index >= 15 is 4.39 Å². The predicted molar refractivity (Wildman–Crippen MR) is 160 cm³/mol. The summed E-state index contributed by atoms with van der Waals surface area (Å²) < 4.78 is 23.8. The third-order valence-electron chi connectivity index (χ3n) is 9.13. The second kappa shape index (κ2) is 10.6. The highest BCUT2D eigenvalue weighted by molar-refractivity contribution is 6.33. The van der Waals surface area contributed by atoms with Crippen LogP contribution in [-0.4, -0.2) is 62.3 Å². The Morgan fingerprint density at radius 1 is 1.24 bits per heavy atom. The Morgan fingerprint density at radius 3 is 2.69 bits per heavy atom. The van der Waals surface area contributed by atoms with Gasteiger partial charge in [-0.15, -0.1) is 5.92 Å². The summed E-state index contributed by atoms with van der Waals surface area (Å²) in [7, 11) is 0. The maximum Gasteiger partial charge on any atom is 0.329 e. The lowest BCUT2D eigenvalue weighted by Gasteiger charge is -2.50. The van der Waals surface area contributed by atoms with Gasteiger partial charge in [0.05, 0.1) is 5.02 Å². The number of phenolic OH excluding ortho intramolecular Hbond substituents is 1. The molecule has 2 aromatic carbocycles. The van der Waals surface area contributed by atoms with Gasteiger partial charge in [0, 0.05) is 66.4 Å². The first-order valence-corrected chi connectivity index (χ1v) is 14.8. The molecule has 3 heterocycles. The summed E-state index contributed by atoms with van der Waals surface area (Å²) in [6, 6.07) is 7.01. The molecule has 220 valence electrons. The average molecular weight is 591 g/mol. The standard InChI is InChI=1S/C33H36ClFN4O3/c1-5-7-21-14-22-18-37(12-13-42-30(22)29(35)27(21)28-24(34)8-6-9-25(28)40)23-15-33(16-23)17-26(32(2,3)4)39(19-33)31(41)38-11-10-36-20-38/h6,8-11,14,20,23,26,40H,12-13,15-19H2,1-4H3. The Hall–Kier alpha value is -3.54. The Bertz CT molecular complexity index is 1560. The van der Waals surface area contributed by atoms with Gasteiger partial charge in [-0.3, -0.25) is 9.47 Å². The van der Waals surface area contributed by atoms with Crippen LogP contribution in [0.1, 0.15) is 58.1 Å². The molecule has 1 atom stereocenters. The van der Waals surface area contributed by atoms with E-state index in [0.29, 0.717) is 31.3 Å². The molecule has 42 heavy (non-hydrogen) atoms. The number of phenols is 1. The number of ether oxygens (including phenoxy) is 1. The number of rotatable bonds is 2. The molecule has 2 fully saturated rings. The second-order valence-electron chi connectivity index (χ2n) is 13.0. The molecule has 0 bridgehead atoms. The zero-order chi connectivity index (χ0) is 29.8. The Kier molecular flexibility index (Phi) is 7.23. The minimum atomic E-state index is -0.557. The fourth-order valence-corrected chi connectivity index (χ4v) is 7.38. The molecule has 3 aliphatic rings. The maximum atomic E-state index is 16.2. The highest BCUT2D eigenvalue weighted by Gasteiger charge is 2.56. The number of hydrogen-bond donors (Lipinski definition) is 1. The molecule has 3 aromatic rings. The minimum Gasteiger partial charge on any atom is -0.507 e. The molecular formula is C33H36ClFN4O3. The molecule has 1 aliphatic carbocycles. The van der Waals surface area contributed by atoms with E-state index < -0.39 is 5.82 Å². The lowest BCUT2D eigenvalue weighted by atomic mass is 9.62. The van der Waals surface area contributed by atoms with Crippen molar-refractivity contribution in [1.82, 2.24) is 19.4 Å². The van der Waals surface area contributed by atoms with Crippen molar-refractivity contribution in [3.63, 3.8) is 0 Å². The number of halogens is 2. The van der Waals surface area contributed by atoms with Crippen molar-refractivity contribution in [2.45, 2.75) is 65.6 Å². The summed E-state index contributed by atoms with van der Waals surface area (Å²) >= 11 is 6.42. The molecule has 1 unspecified atom stereocenters. The van der Waals surface area contributed by atoms with Crippen molar-refractivity contribution in [1.29, 1.82) is 0 Å². The number of hydrogen-bond acceptors (Lipinski definition) is 5. The first kappa shape index (κ1) is 28.6. The van der Waals surface area contributed by atoms with E-state index in [2.05, 4.69) is 42.5 Å². The van der Waals surface area contributed by atoms with Crippen LogP contribution >= 0.6 is 11.6 Å². The van der Waals surface area contributed by atoms with Crippen LogP contribution in [-0.2, 0) is 6.54 Å². The molecule has 1 amide bonds. The number of aromatic hydroxyl groups is 1. The topological polar surface area (TPSA) is 70.8 Å². The Balaban J connectivity index is 1.25. The maximum absolute atomic E-state index is 16.2. The van der Waals surface area contributed by atoms with E-state index in [9.17, 15) is 9.90 Å². The van der Waals surface area contributed by atoms with Crippen molar-refractivity contribution in [2.75, 3.05) is 19.7 Å². The minimum absolute atomic E-state index is 0.0229. The summed E-state index contributed by atoms with van der Waals surface area (Å²) in [6.45, 7) is 10.6. The van der Waals surface area contributed by atoms with E-state index in [1.54, 1.807) is 42.3 Å². The van der Waals surface area contributed by atoms with Crippen molar-refractivity contribution >= 4 is 17.6 Å². The number of amides is 1. The summed E-state index contributed by atoms with van der Waals surface area (Å²) in [5.41, 5.74) is 1.57. The molecule has 1 aromatic heterocycles. The SMILES string of the molecule is CC#Cc1cc2c(c(F)c1-c1c(O)cccc1Cl)OCCN(C1CC3(C1)CC(C(C)(C)C)N(C(=O)n1ccnc1)C3)C2. The number of fused-ring (bicyclic) bond motifs is 1. The lowest BCUT2D eigenvalue weighted by Crippen LogP contribution is -2.52. The van der Waals surface area contributed by atoms with Crippen molar-refractivity contribution in [3.05, 3.63) is 65.0 Å². The first-order valence-electron chi connectivity index (χ1n) is 14.4. The van der Waals surface area contributed by atoms with Crippen LogP contribution < -0.4 is 4.74 Å². The van der Waals surface area contributed by atoms with Gasteiger partial charge < -0.3 is 14.7 Å². The zero-order valence-corrected chi connectivity index (χ0v) is 25.2. The van der Waals surface area contributed by atoms with Crippen molar-refractivity contribution < 1.29 is 19.0 Å². The van der Waals surface area contributed by atoms with Crippen molar-refractivity contribution in [3.8, 4) is 34.5 Å². The second-order valence-corrected chi connectivity index (χ2v) is 13.4. The third-order valence-corrected chi connectivity index (χ3v) is 9.45.